The van der Waals surface area contributed by atoms with Gasteiger partial charge in [0.1, 0.15) is 5.75 Å². The number of rotatable bonds is 3. The lowest BCUT2D eigenvalue weighted by atomic mass is 10.0. The monoisotopic (exact) mass is 362 g/mol. The van der Waals surface area contributed by atoms with Crippen molar-refractivity contribution < 1.29 is 9.53 Å². The highest BCUT2D eigenvalue weighted by Crippen LogP contribution is 2.34. The summed E-state index contributed by atoms with van der Waals surface area (Å²) in [6, 6.07) is 3.64. The van der Waals surface area contributed by atoms with Crippen LogP contribution in [0.3, 0.4) is 0 Å². The van der Waals surface area contributed by atoms with Gasteiger partial charge in [-0.15, -0.1) is 0 Å². The molecule has 0 spiro atoms. The largest absolute Gasteiger partial charge is 0.495 e. The van der Waals surface area contributed by atoms with Crippen molar-refractivity contribution >= 4 is 43.5 Å². The highest BCUT2D eigenvalue weighted by Gasteiger charge is 2.25. The average Bonchev–Trinajstić information content (AvgIpc) is 2.19. The maximum atomic E-state index is 11.8. The third kappa shape index (κ3) is 2.81. The maximum Gasteiger partial charge on any atom is 0.230 e. The molecule has 1 aliphatic heterocycles. The molecule has 1 aromatic carbocycles. The second-order valence-electron chi connectivity index (χ2n) is 3.81. The Kier molecular flexibility index (Phi) is 4.06. The molecule has 4 nitrogen and oxygen atoms in total. The summed E-state index contributed by atoms with van der Waals surface area (Å²) in [7, 11) is 1.59. The SMILES string of the molecule is COc1cc(NC(=O)C2CNC2)c(Br)cc1Br. The number of methoxy groups -OCH3 is 1. The van der Waals surface area contributed by atoms with E-state index >= 15 is 0 Å². The Balaban J connectivity index is 2.16. The van der Waals surface area contributed by atoms with Gasteiger partial charge in [0.25, 0.3) is 0 Å². The summed E-state index contributed by atoms with van der Waals surface area (Å²) >= 11 is 6.80. The van der Waals surface area contributed by atoms with Crippen LogP contribution in [0.5, 0.6) is 5.75 Å². The van der Waals surface area contributed by atoms with Crippen LogP contribution in [-0.4, -0.2) is 26.1 Å². The van der Waals surface area contributed by atoms with Crippen LogP contribution in [0.4, 0.5) is 5.69 Å². The lowest BCUT2D eigenvalue weighted by Gasteiger charge is -2.26. The summed E-state index contributed by atoms with van der Waals surface area (Å²) in [5.74, 6) is 0.792. The molecule has 0 bridgehead atoms. The van der Waals surface area contributed by atoms with Gasteiger partial charge in [-0.1, -0.05) is 0 Å². The number of amides is 1. The Morgan fingerprint density at radius 3 is 2.65 bits per heavy atom. The summed E-state index contributed by atoms with van der Waals surface area (Å²) in [5.41, 5.74) is 0.724. The van der Waals surface area contributed by atoms with E-state index in [-0.39, 0.29) is 11.8 Å². The van der Waals surface area contributed by atoms with E-state index in [9.17, 15) is 4.79 Å². The molecular weight excluding hydrogens is 352 g/mol. The van der Waals surface area contributed by atoms with Gasteiger partial charge in [-0.2, -0.15) is 0 Å². The molecule has 17 heavy (non-hydrogen) atoms. The topological polar surface area (TPSA) is 50.4 Å². The Morgan fingerprint density at radius 1 is 1.41 bits per heavy atom. The summed E-state index contributed by atoms with van der Waals surface area (Å²) < 4.78 is 6.86. The molecule has 0 aromatic heterocycles. The zero-order valence-electron chi connectivity index (χ0n) is 9.22. The number of carbonyl (C=O) groups excluding carboxylic acids is 1. The van der Waals surface area contributed by atoms with Crippen LogP contribution in [0.15, 0.2) is 21.1 Å². The molecule has 1 aliphatic rings. The van der Waals surface area contributed by atoms with Crippen LogP contribution < -0.4 is 15.4 Å². The highest BCUT2D eigenvalue weighted by atomic mass is 79.9. The number of anilines is 1. The first-order valence-electron chi connectivity index (χ1n) is 5.16. The highest BCUT2D eigenvalue weighted by molar-refractivity contribution is 9.11. The van der Waals surface area contributed by atoms with Gasteiger partial charge in [-0.05, 0) is 37.9 Å². The minimum absolute atomic E-state index is 0.0359. The molecule has 0 aliphatic carbocycles. The van der Waals surface area contributed by atoms with Crippen LogP contribution in [0.2, 0.25) is 0 Å². The summed E-state index contributed by atoms with van der Waals surface area (Å²) in [6.45, 7) is 1.49. The van der Waals surface area contributed by atoms with E-state index < -0.39 is 0 Å². The van der Waals surface area contributed by atoms with Gasteiger partial charge >= 0.3 is 0 Å². The molecule has 6 heteroatoms. The van der Waals surface area contributed by atoms with Gasteiger partial charge < -0.3 is 15.4 Å². The maximum absolute atomic E-state index is 11.8. The minimum atomic E-state index is 0.0359. The van der Waals surface area contributed by atoms with Crippen LogP contribution in [0.25, 0.3) is 0 Å². The van der Waals surface area contributed by atoms with Crippen molar-refractivity contribution in [2.45, 2.75) is 0 Å². The third-order valence-corrected chi connectivity index (χ3v) is 3.93. The quantitative estimate of drug-likeness (QED) is 0.866. The molecule has 0 unspecified atom stereocenters. The summed E-state index contributed by atoms with van der Waals surface area (Å²) in [6.07, 6.45) is 0. The summed E-state index contributed by atoms with van der Waals surface area (Å²) in [5, 5.41) is 5.96. The van der Waals surface area contributed by atoms with E-state index in [0.29, 0.717) is 5.75 Å². The Labute approximate surface area is 116 Å². The van der Waals surface area contributed by atoms with Crippen molar-refractivity contribution in [1.29, 1.82) is 0 Å². The number of hydrogen-bond donors (Lipinski definition) is 2. The number of carbonyl (C=O) groups is 1. The van der Waals surface area contributed by atoms with E-state index in [2.05, 4.69) is 42.5 Å². The second-order valence-corrected chi connectivity index (χ2v) is 5.52. The number of ether oxygens (including phenoxy) is 1. The molecule has 0 atom stereocenters. The smallest absolute Gasteiger partial charge is 0.230 e. The van der Waals surface area contributed by atoms with E-state index in [0.717, 1.165) is 27.7 Å². The van der Waals surface area contributed by atoms with Crippen LogP contribution in [-0.2, 0) is 4.79 Å². The molecule has 2 N–H and O–H groups in total. The zero-order chi connectivity index (χ0) is 12.4. The predicted octanol–water partition coefficient (Wildman–Crippen LogP) is 2.38. The third-order valence-electron chi connectivity index (χ3n) is 2.65. The molecule has 1 fully saturated rings. The fourth-order valence-electron chi connectivity index (χ4n) is 1.49. The van der Waals surface area contributed by atoms with Crippen molar-refractivity contribution in [3.8, 4) is 5.75 Å². The molecule has 1 aromatic rings. The van der Waals surface area contributed by atoms with Crippen molar-refractivity contribution in [3.63, 3.8) is 0 Å². The van der Waals surface area contributed by atoms with Crippen molar-refractivity contribution in [1.82, 2.24) is 5.32 Å². The van der Waals surface area contributed by atoms with E-state index in [1.807, 2.05) is 6.07 Å². The average molecular weight is 364 g/mol. The zero-order valence-corrected chi connectivity index (χ0v) is 12.4. The van der Waals surface area contributed by atoms with Gasteiger partial charge in [-0.25, -0.2) is 0 Å². The molecule has 1 heterocycles. The van der Waals surface area contributed by atoms with Crippen molar-refractivity contribution in [3.05, 3.63) is 21.1 Å². The Bertz CT molecular complexity index is 447. The lowest BCUT2D eigenvalue weighted by molar-refractivity contribution is -0.121. The van der Waals surface area contributed by atoms with Crippen molar-refractivity contribution in [2.24, 2.45) is 5.92 Å². The van der Waals surface area contributed by atoms with Gasteiger partial charge in [0, 0.05) is 23.6 Å². The van der Waals surface area contributed by atoms with Gasteiger partial charge in [0.05, 0.1) is 23.2 Å². The van der Waals surface area contributed by atoms with Crippen molar-refractivity contribution in [2.75, 3.05) is 25.5 Å². The molecule has 92 valence electrons. The van der Waals surface area contributed by atoms with Crippen LogP contribution in [0.1, 0.15) is 0 Å². The molecular formula is C11H12Br2N2O2. The second kappa shape index (κ2) is 5.37. The normalized spacial score (nSPS) is 15.2. The van der Waals surface area contributed by atoms with Crippen LogP contribution >= 0.6 is 31.9 Å². The molecule has 2 rings (SSSR count). The van der Waals surface area contributed by atoms with Gasteiger partial charge in [-0.3, -0.25) is 4.79 Å². The first-order chi connectivity index (χ1) is 8.11. The number of hydrogen-bond acceptors (Lipinski definition) is 3. The Hall–Kier alpha value is -0.590. The summed E-state index contributed by atoms with van der Waals surface area (Å²) in [4.78, 5) is 11.8. The Morgan fingerprint density at radius 2 is 2.12 bits per heavy atom. The van der Waals surface area contributed by atoms with E-state index in [4.69, 9.17) is 4.74 Å². The number of halogens is 2. The molecule has 1 saturated heterocycles. The fourth-order valence-corrected chi connectivity index (χ4v) is 2.75. The number of benzene rings is 1. The first-order valence-corrected chi connectivity index (χ1v) is 6.75. The number of nitrogens with one attached hydrogen (secondary N) is 2. The lowest BCUT2D eigenvalue weighted by Crippen LogP contribution is -2.48. The molecule has 0 radical (unpaired) electrons. The molecule has 0 saturated carbocycles. The van der Waals surface area contributed by atoms with E-state index in [1.165, 1.54) is 0 Å². The van der Waals surface area contributed by atoms with Gasteiger partial charge in [0.2, 0.25) is 5.91 Å². The first kappa shape index (κ1) is 12.9. The molecule has 1 amide bonds. The standard InChI is InChI=1S/C11H12Br2N2O2/c1-17-10-3-9(7(12)2-8(10)13)15-11(16)6-4-14-5-6/h2-3,6,14H,4-5H2,1H3,(H,15,16). The van der Waals surface area contributed by atoms with Crippen LogP contribution in [0, 0.1) is 5.92 Å². The predicted molar refractivity (Wildman–Crippen MR) is 73.4 cm³/mol. The fraction of sp³-hybridized carbons (Fsp3) is 0.364. The van der Waals surface area contributed by atoms with Gasteiger partial charge in [0.15, 0.2) is 0 Å². The minimum Gasteiger partial charge on any atom is -0.495 e. The van der Waals surface area contributed by atoms with E-state index in [1.54, 1.807) is 13.2 Å².